The van der Waals surface area contributed by atoms with Gasteiger partial charge in [0.05, 0.1) is 5.92 Å². The Bertz CT molecular complexity index is 205. The minimum absolute atomic E-state index is 0.285. The van der Waals surface area contributed by atoms with Crippen LogP contribution in [0.1, 0.15) is 26.2 Å². The number of hydrogen-bond acceptors (Lipinski definition) is 2. The molecule has 0 saturated carbocycles. The highest BCUT2D eigenvalue weighted by atomic mass is 16.2. The molecule has 0 aromatic rings. The molecule has 0 atom stereocenters. The molecule has 2 fully saturated rings. The van der Waals surface area contributed by atoms with E-state index in [-0.39, 0.29) is 5.92 Å². The maximum Gasteiger partial charge on any atom is 0.228 e. The predicted molar refractivity (Wildman–Crippen MR) is 56.0 cm³/mol. The molecule has 3 nitrogen and oxygen atoms in total. The van der Waals surface area contributed by atoms with Crippen LogP contribution in [0.2, 0.25) is 0 Å². The smallest absolute Gasteiger partial charge is 0.228 e. The summed E-state index contributed by atoms with van der Waals surface area (Å²) in [5, 5.41) is 3.15. The summed E-state index contributed by atoms with van der Waals surface area (Å²) in [4.78, 5) is 13.9. The lowest BCUT2D eigenvalue weighted by Crippen LogP contribution is -2.53. The van der Waals surface area contributed by atoms with Crippen molar-refractivity contribution in [1.29, 1.82) is 0 Å². The van der Waals surface area contributed by atoms with E-state index in [0.717, 1.165) is 32.1 Å². The summed E-state index contributed by atoms with van der Waals surface area (Å²) in [7, 11) is 0. The Morgan fingerprint density at radius 3 is 2.43 bits per heavy atom. The van der Waals surface area contributed by atoms with Crippen LogP contribution < -0.4 is 5.32 Å². The fraction of sp³-hybridized carbons (Fsp3) is 0.909. The molecule has 0 spiro atoms. The Morgan fingerprint density at radius 2 is 2.00 bits per heavy atom. The molecule has 0 bridgehead atoms. The minimum Gasteiger partial charge on any atom is -0.342 e. The van der Waals surface area contributed by atoms with Crippen molar-refractivity contribution in [1.82, 2.24) is 10.2 Å². The van der Waals surface area contributed by atoms with Gasteiger partial charge in [-0.25, -0.2) is 0 Å². The molecule has 2 aliphatic heterocycles. The average molecular weight is 196 g/mol. The number of nitrogens with zero attached hydrogens (tertiary/aromatic N) is 1. The number of rotatable bonds is 2. The lowest BCUT2D eigenvalue weighted by molar-refractivity contribution is -0.138. The summed E-state index contributed by atoms with van der Waals surface area (Å²) >= 11 is 0. The number of amides is 1. The van der Waals surface area contributed by atoms with Gasteiger partial charge >= 0.3 is 0 Å². The first-order valence-corrected chi connectivity index (χ1v) is 5.80. The Morgan fingerprint density at radius 1 is 1.36 bits per heavy atom. The second-order valence-corrected chi connectivity index (χ2v) is 4.53. The van der Waals surface area contributed by atoms with Gasteiger partial charge in [-0.1, -0.05) is 13.3 Å². The Kier molecular flexibility index (Phi) is 3.06. The van der Waals surface area contributed by atoms with E-state index < -0.39 is 0 Å². The van der Waals surface area contributed by atoms with Crippen molar-refractivity contribution < 1.29 is 4.79 Å². The average Bonchev–Trinajstić information content (AvgIpc) is 2.15. The Labute approximate surface area is 85.8 Å². The third-order valence-corrected chi connectivity index (χ3v) is 3.63. The monoisotopic (exact) mass is 196 g/mol. The van der Waals surface area contributed by atoms with E-state index in [9.17, 15) is 4.79 Å². The van der Waals surface area contributed by atoms with Gasteiger partial charge in [-0.05, 0) is 18.8 Å². The molecule has 0 unspecified atom stereocenters. The van der Waals surface area contributed by atoms with Gasteiger partial charge in [-0.3, -0.25) is 4.79 Å². The highest BCUT2D eigenvalue weighted by molar-refractivity contribution is 5.80. The van der Waals surface area contributed by atoms with Crippen molar-refractivity contribution in [2.45, 2.75) is 26.2 Å². The van der Waals surface area contributed by atoms with Crippen LogP contribution in [-0.2, 0) is 4.79 Å². The van der Waals surface area contributed by atoms with Gasteiger partial charge in [-0.15, -0.1) is 0 Å². The van der Waals surface area contributed by atoms with Gasteiger partial charge in [-0.2, -0.15) is 0 Å². The predicted octanol–water partition coefficient (Wildman–Crippen LogP) is 0.854. The van der Waals surface area contributed by atoms with E-state index in [4.69, 9.17) is 0 Å². The molecule has 1 amide bonds. The number of piperidine rings is 1. The van der Waals surface area contributed by atoms with Crippen LogP contribution >= 0.6 is 0 Å². The normalized spacial score (nSPS) is 24.8. The molecule has 2 heterocycles. The maximum atomic E-state index is 11.9. The molecule has 0 radical (unpaired) electrons. The number of carbonyl (C=O) groups is 1. The summed E-state index contributed by atoms with van der Waals surface area (Å²) in [6.07, 6.45) is 3.69. The quantitative estimate of drug-likeness (QED) is 0.710. The number of hydrogen-bond donors (Lipinski definition) is 1. The fourth-order valence-corrected chi connectivity index (χ4v) is 2.28. The van der Waals surface area contributed by atoms with Gasteiger partial charge in [0.2, 0.25) is 5.91 Å². The van der Waals surface area contributed by atoms with Crippen LogP contribution in [0.25, 0.3) is 0 Å². The second-order valence-electron chi connectivity index (χ2n) is 4.53. The van der Waals surface area contributed by atoms with Crippen LogP contribution in [0.15, 0.2) is 0 Å². The van der Waals surface area contributed by atoms with E-state index in [0.29, 0.717) is 5.91 Å². The molecule has 0 aromatic carbocycles. The molecule has 0 aromatic heterocycles. The van der Waals surface area contributed by atoms with Crippen molar-refractivity contribution in [3.63, 3.8) is 0 Å². The van der Waals surface area contributed by atoms with Crippen LogP contribution in [0.3, 0.4) is 0 Å². The van der Waals surface area contributed by atoms with E-state index in [1.54, 1.807) is 0 Å². The van der Waals surface area contributed by atoms with Crippen molar-refractivity contribution in [2.75, 3.05) is 26.2 Å². The first-order valence-electron chi connectivity index (χ1n) is 5.80. The van der Waals surface area contributed by atoms with Crippen LogP contribution in [-0.4, -0.2) is 37.0 Å². The summed E-state index contributed by atoms with van der Waals surface area (Å²) < 4.78 is 0. The zero-order valence-corrected chi connectivity index (χ0v) is 8.96. The molecule has 2 aliphatic rings. The first-order chi connectivity index (χ1) is 6.81. The summed E-state index contributed by atoms with van der Waals surface area (Å²) in [6, 6.07) is 0. The number of carbonyl (C=O) groups excluding carboxylic acids is 1. The van der Waals surface area contributed by atoms with Gasteiger partial charge in [0.15, 0.2) is 0 Å². The molecule has 2 saturated heterocycles. The van der Waals surface area contributed by atoms with Crippen LogP contribution in [0.4, 0.5) is 0 Å². The molecular weight excluding hydrogens is 176 g/mol. The minimum atomic E-state index is 0.285. The summed E-state index contributed by atoms with van der Waals surface area (Å²) in [5.41, 5.74) is 0. The first kappa shape index (κ1) is 9.97. The Hall–Kier alpha value is -0.570. The summed E-state index contributed by atoms with van der Waals surface area (Å²) in [5.74, 6) is 1.53. The molecule has 0 aliphatic carbocycles. The van der Waals surface area contributed by atoms with E-state index in [2.05, 4.69) is 17.1 Å². The lowest BCUT2D eigenvalue weighted by Gasteiger charge is -2.36. The molecular formula is C11H20N2O. The van der Waals surface area contributed by atoms with Gasteiger partial charge in [0.1, 0.15) is 0 Å². The van der Waals surface area contributed by atoms with Crippen LogP contribution in [0.5, 0.6) is 0 Å². The summed E-state index contributed by atoms with van der Waals surface area (Å²) in [6.45, 7) is 6.03. The van der Waals surface area contributed by atoms with E-state index in [1.807, 2.05) is 0 Å². The topological polar surface area (TPSA) is 32.3 Å². The van der Waals surface area contributed by atoms with Gasteiger partial charge in [0, 0.05) is 26.2 Å². The Balaban J connectivity index is 1.79. The van der Waals surface area contributed by atoms with E-state index in [1.165, 1.54) is 19.3 Å². The third-order valence-electron chi connectivity index (χ3n) is 3.63. The number of likely N-dealkylation sites (tertiary alicyclic amines) is 1. The van der Waals surface area contributed by atoms with Crippen LogP contribution in [0, 0.1) is 11.8 Å². The third kappa shape index (κ3) is 1.92. The van der Waals surface area contributed by atoms with Crippen molar-refractivity contribution in [3.8, 4) is 0 Å². The number of nitrogens with one attached hydrogen (secondary N) is 1. The van der Waals surface area contributed by atoms with Crippen molar-refractivity contribution in [2.24, 2.45) is 11.8 Å². The van der Waals surface area contributed by atoms with Gasteiger partial charge in [0.25, 0.3) is 0 Å². The lowest BCUT2D eigenvalue weighted by atomic mass is 9.92. The second kappa shape index (κ2) is 4.30. The molecule has 3 heteroatoms. The molecule has 80 valence electrons. The highest BCUT2D eigenvalue weighted by Gasteiger charge is 2.30. The molecule has 2 rings (SSSR count). The largest absolute Gasteiger partial charge is 0.342 e. The SMILES string of the molecule is CCC1CCN(C(=O)C2CNC2)CC1. The van der Waals surface area contributed by atoms with E-state index >= 15 is 0 Å². The highest BCUT2D eigenvalue weighted by Crippen LogP contribution is 2.21. The maximum absolute atomic E-state index is 11.9. The molecule has 14 heavy (non-hydrogen) atoms. The zero-order chi connectivity index (χ0) is 9.97. The van der Waals surface area contributed by atoms with Gasteiger partial charge < -0.3 is 10.2 Å². The zero-order valence-electron chi connectivity index (χ0n) is 8.96. The molecule has 1 N–H and O–H groups in total. The standard InChI is InChI=1S/C11H20N2O/c1-2-9-3-5-13(6-4-9)11(14)10-7-12-8-10/h9-10,12H,2-8H2,1H3. The van der Waals surface area contributed by atoms with Crippen molar-refractivity contribution in [3.05, 3.63) is 0 Å². The fourth-order valence-electron chi connectivity index (χ4n) is 2.28. The van der Waals surface area contributed by atoms with Crippen molar-refractivity contribution >= 4 is 5.91 Å².